The third-order valence-corrected chi connectivity index (χ3v) is 10.9. The Bertz CT molecular complexity index is 3180. The highest BCUT2D eigenvalue weighted by molar-refractivity contribution is 6.20. The first kappa shape index (κ1) is 31.2. The van der Waals surface area contributed by atoms with Gasteiger partial charge in [-0.15, -0.1) is 0 Å². The van der Waals surface area contributed by atoms with Gasteiger partial charge in [-0.3, -0.25) is 0 Å². The van der Waals surface area contributed by atoms with Gasteiger partial charge < -0.3 is 13.7 Å². The van der Waals surface area contributed by atoms with Crippen molar-refractivity contribution in [1.82, 2.24) is 0 Å². The van der Waals surface area contributed by atoms with Crippen molar-refractivity contribution in [3.8, 4) is 33.4 Å². The average molecular weight is 704 g/mol. The SMILES string of the molecule is c1ccc(-c2ccc(-c3cc4c5cccc(-c6ccc(N(c7ccccc7)c7cccc8c7oc7ccccc78)cc6)c5oc4c4ccccc34)cc2)cc1. The fourth-order valence-corrected chi connectivity index (χ4v) is 8.26. The molecule has 0 atom stereocenters. The number of para-hydroxylation sites is 4. The quantitative estimate of drug-likeness (QED) is 0.173. The molecule has 0 fully saturated rings. The zero-order chi connectivity index (χ0) is 36.3. The lowest BCUT2D eigenvalue weighted by molar-refractivity contribution is 0.669. The van der Waals surface area contributed by atoms with E-state index in [1.165, 1.54) is 27.6 Å². The Balaban J connectivity index is 1.03. The molecule has 0 spiro atoms. The number of nitrogens with zero attached hydrogens (tertiary/aromatic N) is 1. The smallest absolute Gasteiger partial charge is 0.159 e. The van der Waals surface area contributed by atoms with E-state index in [0.29, 0.717) is 0 Å². The summed E-state index contributed by atoms with van der Waals surface area (Å²) in [6.07, 6.45) is 0. The minimum Gasteiger partial charge on any atom is -0.455 e. The monoisotopic (exact) mass is 703 g/mol. The van der Waals surface area contributed by atoms with E-state index in [1.54, 1.807) is 0 Å². The van der Waals surface area contributed by atoms with Crippen LogP contribution in [0.4, 0.5) is 17.1 Å². The van der Waals surface area contributed by atoms with Crippen molar-refractivity contribution in [2.75, 3.05) is 4.90 Å². The highest BCUT2D eigenvalue weighted by Crippen LogP contribution is 2.45. The number of furan rings is 2. The highest BCUT2D eigenvalue weighted by Gasteiger charge is 2.21. The first-order valence-corrected chi connectivity index (χ1v) is 18.7. The van der Waals surface area contributed by atoms with E-state index < -0.39 is 0 Å². The van der Waals surface area contributed by atoms with Gasteiger partial charge in [0.2, 0.25) is 0 Å². The zero-order valence-corrected chi connectivity index (χ0v) is 29.8. The molecule has 3 heteroatoms. The van der Waals surface area contributed by atoms with Crippen LogP contribution < -0.4 is 4.90 Å². The van der Waals surface area contributed by atoms with Crippen molar-refractivity contribution in [3.05, 3.63) is 200 Å². The largest absolute Gasteiger partial charge is 0.455 e. The van der Waals surface area contributed by atoms with Gasteiger partial charge in [0.05, 0.1) is 5.69 Å². The first-order valence-electron chi connectivity index (χ1n) is 18.7. The van der Waals surface area contributed by atoms with Gasteiger partial charge in [-0.2, -0.15) is 0 Å². The molecule has 55 heavy (non-hydrogen) atoms. The molecule has 0 unspecified atom stereocenters. The predicted molar refractivity (Wildman–Crippen MR) is 229 cm³/mol. The van der Waals surface area contributed by atoms with Crippen LogP contribution in [0.15, 0.2) is 209 Å². The Morgan fingerprint density at radius 2 is 0.818 bits per heavy atom. The Kier molecular flexibility index (Phi) is 7.17. The molecule has 258 valence electrons. The number of hydrogen-bond acceptors (Lipinski definition) is 3. The lowest BCUT2D eigenvalue weighted by Gasteiger charge is -2.25. The predicted octanol–water partition coefficient (Wildman–Crippen LogP) is 15.1. The van der Waals surface area contributed by atoms with Crippen molar-refractivity contribution in [2.24, 2.45) is 0 Å². The summed E-state index contributed by atoms with van der Waals surface area (Å²) in [5.74, 6) is 0. The van der Waals surface area contributed by atoms with Crippen LogP contribution in [0.1, 0.15) is 0 Å². The van der Waals surface area contributed by atoms with E-state index in [-0.39, 0.29) is 0 Å². The van der Waals surface area contributed by atoms with E-state index >= 15 is 0 Å². The molecular formula is C52H33NO2. The van der Waals surface area contributed by atoms with Crippen LogP contribution in [0.5, 0.6) is 0 Å². The number of anilines is 3. The number of benzene rings is 9. The fraction of sp³-hybridized carbons (Fsp3) is 0. The maximum absolute atomic E-state index is 6.89. The standard InChI is InChI=1S/C52H33NO2/c1-3-13-34(14-4-1)35-25-27-37(28-26-35)46-33-47-45-21-11-20-40(50(45)55-51(47)43-19-8-7-17-41(43)46)36-29-31-39(32-30-36)53(38-15-5-2-6-16-38)48-23-12-22-44-42-18-9-10-24-49(42)54-52(44)48/h1-33H. The summed E-state index contributed by atoms with van der Waals surface area (Å²) < 4.78 is 13.4. The van der Waals surface area contributed by atoms with E-state index in [1.807, 2.05) is 18.2 Å². The Hall–Kier alpha value is -7.36. The van der Waals surface area contributed by atoms with Gasteiger partial charge in [0.25, 0.3) is 0 Å². The van der Waals surface area contributed by atoms with E-state index in [9.17, 15) is 0 Å². The van der Waals surface area contributed by atoms with Crippen LogP contribution in [0.3, 0.4) is 0 Å². The number of hydrogen-bond donors (Lipinski definition) is 0. The second-order valence-electron chi connectivity index (χ2n) is 14.0. The molecule has 11 rings (SSSR count). The van der Waals surface area contributed by atoms with E-state index in [0.717, 1.165) is 77.5 Å². The van der Waals surface area contributed by atoms with Gasteiger partial charge >= 0.3 is 0 Å². The molecule has 9 aromatic carbocycles. The Morgan fingerprint density at radius 1 is 0.291 bits per heavy atom. The molecule has 11 aromatic rings. The topological polar surface area (TPSA) is 29.5 Å². The maximum atomic E-state index is 6.89. The molecule has 0 bridgehead atoms. The highest BCUT2D eigenvalue weighted by atomic mass is 16.3. The molecule has 3 nitrogen and oxygen atoms in total. The normalized spacial score (nSPS) is 11.6. The summed E-state index contributed by atoms with van der Waals surface area (Å²) in [5.41, 5.74) is 13.6. The van der Waals surface area contributed by atoms with Gasteiger partial charge in [0.15, 0.2) is 5.58 Å². The molecule has 0 N–H and O–H groups in total. The molecule has 0 amide bonds. The lowest BCUT2D eigenvalue weighted by Crippen LogP contribution is -2.10. The summed E-state index contributed by atoms with van der Waals surface area (Å²) in [7, 11) is 0. The molecule has 0 aliphatic carbocycles. The van der Waals surface area contributed by atoms with E-state index in [4.69, 9.17) is 8.83 Å². The van der Waals surface area contributed by atoms with Crippen molar-refractivity contribution in [3.63, 3.8) is 0 Å². The number of rotatable bonds is 6. The molecule has 0 saturated heterocycles. The molecule has 0 aliphatic heterocycles. The Labute approximate surface area is 317 Å². The lowest BCUT2D eigenvalue weighted by atomic mass is 9.93. The van der Waals surface area contributed by atoms with Crippen LogP contribution in [0, 0.1) is 0 Å². The molecular weight excluding hydrogens is 671 g/mol. The minimum absolute atomic E-state index is 0.863. The second kappa shape index (κ2) is 12.6. The van der Waals surface area contributed by atoms with Crippen molar-refractivity contribution < 1.29 is 8.83 Å². The van der Waals surface area contributed by atoms with Gasteiger partial charge in [-0.1, -0.05) is 158 Å². The zero-order valence-electron chi connectivity index (χ0n) is 29.8. The molecule has 2 heterocycles. The van der Waals surface area contributed by atoms with Crippen molar-refractivity contribution >= 4 is 71.7 Å². The summed E-state index contributed by atoms with van der Waals surface area (Å²) >= 11 is 0. The van der Waals surface area contributed by atoms with Crippen LogP contribution >= 0.6 is 0 Å². The summed E-state index contributed by atoms with van der Waals surface area (Å²) in [4.78, 5) is 2.27. The van der Waals surface area contributed by atoms with E-state index in [2.05, 4.69) is 187 Å². The average Bonchev–Trinajstić information content (AvgIpc) is 3.84. The number of fused-ring (bicyclic) bond motifs is 8. The summed E-state index contributed by atoms with van der Waals surface area (Å²) in [5, 5.41) is 6.71. The second-order valence-corrected chi connectivity index (χ2v) is 14.0. The van der Waals surface area contributed by atoms with Crippen molar-refractivity contribution in [2.45, 2.75) is 0 Å². The van der Waals surface area contributed by atoms with Gasteiger partial charge in [0, 0.05) is 43.9 Å². The van der Waals surface area contributed by atoms with Crippen LogP contribution in [-0.4, -0.2) is 0 Å². The third kappa shape index (κ3) is 5.13. The van der Waals surface area contributed by atoms with Crippen LogP contribution in [0.2, 0.25) is 0 Å². The summed E-state index contributed by atoms with van der Waals surface area (Å²) in [6, 6.07) is 70.7. The first-order chi connectivity index (χ1) is 27.3. The molecule has 2 aromatic heterocycles. The van der Waals surface area contributed by atoms with Crippen LogP contribution in [0.25, 0.3) is 88.0 Å². The van der Waals surface area contributed by atoms with Crippen LogP contribution in [-0.2, 0) is 0 Å². The minimum atomic E-state index is 0.863. The van der Waals surface area contributed by atoms with Gasteiger partial charge in [0.1, 0.15) is 16.7 Å². The third-order valence-electron chi connectivity index (χ3n) is 10.9. The Morgan fingerprint density at radius 3 is 1.60 bits per heavy atom. The summed E-state index contributed by atoms with van der Waals surface area (Å²) in [6.45, 7) is 0. The molecule has 0 aliphatic rings. The molecule has 0 saturated carbocycles. The van der Waals surface area contributed by atoms with Crippen molar-refractivity contribution in [1.29, 1.82) is 0 Å². The van der Waals surface area contributed by atoms with Gasteiger partial charge in [-0.25, -0.2) is 0 Å². The maximum Gasteiger partial charge on any atom is 0.159 e. The fourth-order valence-electron chi connectivity index (χ4n) is 8.26. The van der Waals surface area contributed by atoms with Gasteiger partial charge in [-0.05, 0) is 75.7 Å². The molecule has 0 radical (unpaired) electrons.